The Bertz CT molecular complexity index is 398. The quantitative estimate of drug-likeness (QED) is 0.886. The molecule has 0 saturated carbocycles. The lowest BCUT2D eigenvalue weighted by Gasteiger charge is -2.39. The summed E-state index contributed by atoms with van der Waals surface area (Å²) in [6, 6.07) is 9.55. The van der Waals surface area contributed by atoms with Crippen LogP contribution in [0.3, 0.4) is 0 Å². The zero-order valence-corrected chi connectivity index (χ0v) is 11.0. The minimum atomic E-state index is -0.514. The van der Waals surface area contributed by atoms with Gasteiger partial charge >= 0.3 is 0 Å². The molecule has 1 N–H and O–H groups in total. The van der Waals surface area contributed by atoms with Crippen LogP contribution >= 0.6 is 0 Å². The van der Waals surface area contributed by atoms with Crippen molar-refractivity contribution < 1.29 is 9.53 Å². The molecule has 4 heteroatoms. The van der Waals surface area contributed by atoms with Gasteiger partial charge in [0.2, 0.25) is 5.91 Å². The number of nitrogens with zero attached hydrogens (tertiary/aromatic N) is 1. The third-order valence-corrected chi connectivity index (χ3v) is 3.39. The monoisotopic (exact) mass is 248 g/mol. The fourth-order valence-corrected chi connectivity index (χ4v) is 2.07. The summed E-state index contributed by atoms with van der Waals surface area (Å²) in [6.07, 6.45) is 0. The van der Waals surface area contributed by atoms with E-state index in [0.717, 1.165) is 18.8 Å². The van der Waals surface area contributed by atoms with Crippen LogP contribution in [-0.2, 0) is 9.53 Å². The third kappa shape index (κ3) is 2.89. The number of morpholine rings is 1. The van der Waals surface area contributed by atoms with Crippen LogP contribution in [0.15, 0.2) is 30.3 Å². The van der Waals surface area contributed by atoms with Crippen LogP contribution in [0.4, 0.5) is 5.69 Å². The van der Waals surface area contributed by atoms with Crippen molar-refractivity contribution in [2.45, 2.75) is 19.4 Å². The summed E-state index contributed by atoms with van der Waals surface area (Å²) >= 11 is 0. The molecule has 0 spiro atoms. The largest absolute Gasteiger partial charge is 0.379 e. The van der Waals surface area contributed by atoms with Crippen LogP contribution in [-0.4, -0.2) is 42.6 Å². The van der Waals surface area contributed by atoms with E-state index < -0.39 is 5.54 Å². The number of ether oxygens (including phenoxy) is 1. The van der Waals surface area contributed by atoms with E-state index >= 15 is 0 Å². The minimum absolute atomic E-state index is 0.0237. The Labute approximate surface area is 108 Å². The number of amides is 1. The molecule has 1 heterocycles. The summed E-state index contributed by atoms with van der Waals surface area (Å²) in [5, 5.41) is 2.96. The zero-order valence-electron chi connectivity index (χ0n) is 11.0. The standard InChI is InChI=1S/C14H20N2O2/c1-14(2,16-8-10-18-11-9-16)13(17)15-12-6-4-3-5-7-12/h3-7H,8-11H2,1-2H3,(H,15,17). The van der Waals surface area contributed by atoms with Crippen molar-refractivity contribution in [3.8, 4) is 0 Å². The molecule has 0 bridgehead atoms. The Balaban J connectivity index is 2.02. The van der Waals surface area contributed by atoms with Gasteiger partial charge in [0.1, 0.15) is 0 Å². The molecular weight excluding hydrogens is 228 g/mol. The molecule has 0 atom stereocenters. The first-order valence-electron chi connectivity index (χ1n) is 6.30. The van der Waals surface area contributed by atoms with Crippen molar-refractivity contribution in [2.24, 2.45) is 0 Å². The SMILES string of the molecule is CC(C)(C(=O)Nc1ccccc1)N1CCOCC1. The zero-order chi connectivity index (χ0) is 13.0. The van der Waals surface area contributed by atoms with Gasteiger partial charge in [-0.3, -0.25) is 9.69 Å². The summed E-state index contributed by atoms with van der Waals surface area (Å²) in [6.45, 7) is 6.90. The van der Waals surface area contributed by atoms with E-state index in [4.69, 9.17) is 4.74 Å². The van der Waals surface area contributed by atoms with Gasteiger partial charge in [-0.05, 0) is 26.0 Å². The normalized spacial score (nSPS) is 17.4. The van der Waals surface area contributed by atoms with Gasteiger partial charge in [0.25, 0.3) is 0 Å². The molecule has 1 aliphatic heterocycles. The second-order valence-corrected chi connectivity index (χ2v) is 4.98. The average molecular weight is 248 g/mol. The van der Waals surface area contributed by atoms with Crippen molar-refractivity contribution in [1.82, 2.24) is 4.90 Å². The van der Waals surface area contributed by atoms with E-state index in [1.54, 1.807) is 0 Å². The number of carbonyl (C=O) groups excluding carboxylic acids is 1. The molecule has 98 valence electrons. The third-order valence-electron chi connectivity index (χ3n) is 3.39. The van der Waals surface area contributed by atoms with Crippen molar-refractivity contribution in [1.29, 1.82) is 0 Å². The molecular formula is C14H20N2O2. The Morgan fingerprint density at radius 2 is 1.83 bits per heavy atom. The lowest BCUT2D eigenvalue weighted by atomic mass is 10.0. The highest BCUT2D eigenvalue weighted by Gasteiger charge is 2.35. The number of hydrogen-bond acceptors (Lipinski definition) is 3. The van der Waals surface area contributed by atoms with Crippen molar-refractivity contribution in [3.63, 3.8) is 0 Å². The molecule has 1 aromatic rings. The molecule has 1 aromatic carbocycles. The Morgan fingerprint density at radius 1 is 1.22 bits per heavy atom. The number of benzene rings is 1. The van der Waals surface area contributed by atoms with Gasteiger partial charge in [-0.2, -0.15) is 0 Å². The number of para-hydroxylation sites is 1. The second-order valence-electron chi connectivity index (χ2n) is 4.98. The molecule has 1 saturated heterocycles. The van der Waals surface area contributed by atoms with Gasteiger partial charge in [-0.1, -0.05) is 18.2 Å². The predicted octanol–water partition coefficient (Wildman–Crippen LogP) is 1.74. The highest BCUT2D eigenvalue weighted by atomic mass is 16.5. The molecule has 18 heavy (non-hydrogen) atoms. The highest BCUT2D eigenvalue weighted by molar-refractivity contribution is 5.97. The maximum absolute atomic E-state index is 12.3. The van der Waals surface area contributed by atoms with Crippen molar-refractivity contribution in [2.75, 3.05) is 31.6 Å². The Hall–Kier alpha value is -1.39. The first kappa shape index (κ1) is 13.1. The average Bonchev–Trinajstić information content (AvgIpc) is 2.41. The first-order chi connectivity index (χ1) is 8.60. The molecule has 2 rings (SSSR count). The summed E-state index contributed by atoms with van der Waals surface area (Å²) < 4.78 is 5.32. The fourth-order valence-electron chi connectivity index (χ4n) is 2.07. The maximum atomic E-state index is 12.3. The Morgan fingerprint density at radius 3 is 2.44 bits per heavy atom. The van der Waals surface area contributed by atoms with E-state index in [1.807, 2.05) is 44.2 Å². The van der Waals surface area contributed by atoms with E-state index in [-0.39, 0.29) is 5.91 Å². The minimum Gasteiger partial charge on any atom is -0.379 e. The lowest BCUT2D eigenvalue weighted by molar-refractivity contribution is -0.129. The van der Waals surface area contributed by atoms with Crippen molar-refractivity contribution >= 4 is 11.6 Å². The van der Waals surface area contributed by atoms with E-state index in [0.29, 0.717) is 13.2 Å². The summed E-state index contributed by atoms with van der Waals surface area (Å²) in [5.74, 6) is 0.0237. The summed E-state index contributed by atoms with van der Waals surface area (Å²) in [4.78, 5) is 14.5. The van der Waals surface area contributed by atoms with Gasteiger partial charge in [0, 0.05) is 18.8 Å². The summed E-state index contributed by atoms with van der Waals surface area (Å²) in [7, 11) is 0. The van der Waals surface area contributed by atoms with Gasteiger partial charge in [-0.15, -0.1) is 0 Å². The highest BCUT2D eigenvalue weighted by Crippen LogP contribution is 2.18. The van der Waals surface area contributed by atoms with Gasteiger partial charge in [-0.25, -0.2) is 0 Å². The molecule has 0 radical (unpaired) electrons. The lowest BCUT2D eigenvalue weighted by Crippen LogP contribution is -2.56. The maximum Gasteiger partial charge on any atom is 0.244 e. The molecule has 0 aromatic heterocycles. The van der Waals surface area contributed by atoms with Crippen LogP contribution in [0.1, 0.15) is 13.8 Å². The van der Waals surface area contributed by atoms with E-state index in [2.05, 4.69) is 10.2 Å². The van der Waals surface area contributed by atoms with Gasteiger partial charge in [0.05, 0.1) is 18.8 Å². The first-order valence-corrected chi connectivity index (χ1v) is 6.30. The molecule has 1 fully saturated rings. The van der Waals surface area contributed by atoms with E-state index in [1.165, 1.54) is 0 Å². The smallest absolute Gasteiger partial charge is 0.244 e. The number of nitrogens with one attached hydrogen (secondary N) is 1. The number of carbonyl (C=O) groups is 1. The summed E-state index contributed by atoms with van der Waals surface area (Å²) in [5.41, 5.74) is 0.323. The van der Waals surface area contributed by atoms with E-state index in [9.17, 15) is 4.79 Å². The Kier molecular flexibility index (Phi) is 3.99. The molecule has 4 nitrogen and oxygen atoms in total. The molecule has 1 amide bonds. The van der Waals surface area contributed by atoms with Gasteiger partial charge < -0.3 is 10.1 Å². The number of anilines is 1. The number of hydrogen-bond donors (Lipinski definition) is 1. The second kappa shape index (κ2) is 5.50. The van der Waals surface area contributed by atoms with Crippen LogP contribution < -0.4 is 5.32 Å². The predicted molar refractivity (Wildman–Crippen MR) is 71.5 cm³/mol. The molecule has 0 aliphatic carbocycles. The van der Waals surface area contributed by atoms with Crippen LogP contribution in [0.5, 0.6) is 0 Å². The number of rotatable bonds is 3. The van der Waals surface area contributed by atoms with Gasteiger partial charge in [0.15, 0.2) is 0 Å². The molecule has 1 aliphatic rings. The molecule has 0 unspecified atom stereocenters. The van der Waals surface area contributed by atoms with Crippen LogP contribution in [0.2, 0.25) is 0 Å². The topological polar surface area (TPSA) is 41.6 Å². The fraction of sp³-hybridized carbons (Fsp3) is 0.500. The van der Waals surface area contributed by atoms with Crippen molar-refractivity contribution in [3.05, 3.63) is 30.3 Å². The van der Waals surface area contributed by atoms with Crippen LogP contribution in [0.25, 0.3) is 0 Å². The van der Waals surface area contributed by atoms with Crippen LogP contribution in [0, 0.1) is 0 Å².